The Hall–Kier alpha value is -2.35. The van der Waals surface area contributed by atoms with Gasteiger partial charge in [-0.3, -0.25) is 10.1 Å². The van der Waals surface area contributed by atoms with E-state index in [4.69, 9.17) is 5.26 Å². The largest absolute Gasteiger partial charge is 0.346 e. The number of nitro groups is 1. The van der Waals surface area contributed by atoms with Gasteiger partial charge in [0.1, 0.15) is 11.8 Å². The molecule has 1 aromatic heterocycles. The van der Waals surface area contributed by atoms with Gasteiger partial charge in [-0.1, -0.05) is 0 Å². The van der Waals surface area contributed by atoms with Crippen molar-refractivity contribution in [2.75, 3.05) is 0 Å². The van der Waals surface area contributed by atoms with Gasteiger partial charge in [0, 0.05) is 23.0 Å². The van der Waals surface area contributed by atoms with Gasteiger partial charge in [-0.25, -0.2) is 0 Å². The standard InChI is InChI=1S/C9H5N3O2/c10-5-7-3-6-4-8(12(13)14)1-2-9(6)11-7/h1-4,11H. The number of aromatic nitrogens is 1. The lowest BCUT2D eigenvalue weighted by molar-refractivity contribution is -0.384. The minimum atomic E-state index is -0.460. The Bertz CT molecular complexity index is 551. The normalized spacial score (nSPS) is 9.93. The van der Waals surface area contributed by atoms with Gasteiger partial charge < -0.3 is 4.98 Å². The summed E-state index contributed by atoms with van der Waals surface area (Å²) in [4.78, 5) is 12.8. The molecule has 14 heavy (non-hydrogen) atoms. The summed E-state index contributed by atoms with van der Waals surface area (Å²) in [5.74, 6) is 0. The zero-order valence-corrected chi connectivity index (χ0v) is 7.02. The van der Waals surface area contributed by atoms with Gasteiger partial charge in [-0.15, -0.1) is 0 Å². The molecule has 68 valence electrons. The van der Waals surface area contributed by atoms with Gasteiger partial charge in [0.2, 0.25) is 0 Å². The minimum Gasteiger partial charge on any atom is -0.346 e. The van der Waals surface area contributed by atoms with E-state index >= 15 is 0 Å². The fourth-order valence-corrected chi connectivity index (χ4v) is 1.29. The molecule has 5 nitrogen and oxygen atoms in total. The predicted molar refractivity (Wildman–Crippen MR) is 49.7 cm³/mol. The molecule has 2 rings (SSSR count). The van der Waals surface area contributed by atoms with Gasteiger partial charge in [0.05, 0.1) is 4.92 Å². The molecule has 1 aromatic carbocycles. The van der Waals surface area contributed by atoms with Crippen molar-refractivity contribution in [3.8, 4) is 6.07 Å². The average molecular weight is 187 g/mol. The first-order chi connectivity index (χ1) is 6.70. The van der Waals surface area contributed by atoms with Crippen LogP contribution in [0.2, 0.25) is 0 Å². The second-order valence-corrected chi connectivity index (χ2v) is 2.82. The van der Waals surface area contributed by atoms with Crippen LogP contribution < -0.4 is 0 Å². The van der Waals surface area contributed by atoms with Crippen molar-refractivity contribution in [3.63, 3.8) is 0 Å². The van der Waals surface area contributed by atoms with Crippen molar-refractivity contribution < 1.29 is 4.92 Å². The number of nitriles is 1. The molecule has 1 heterocycles. The highest BCUT2D eigenvalue weighted by Gasteiger charge is 2.07. The van der Waals surface area contributed by atoms with Crippen LogP contribution in [0, 0.1) is 21.4 Å². The predicted octanol–water partition coefficient (Wildman–Crippen LogP) is 1.95. The zero-order valence-electron chi connectivity index (χ0n) is 7.02. The van der Waals surface area contributed by atoms with Crippen molar-refractivity contribution in [1.82, 2.24) is 4.98 Å². The molecule has 0 fully saturated rings. The number of nitrogens with zero attached hydrogens (tertiary/aromatic N) is 2. The number of non-ortho nitro benzene ring substituents is 1. The Labute approximate surface area is 78.7 Å². The lowest BCUT2D eigenvalue weighted by Crippen LogP contribution is -1.86. The SMILES string of the molecule is N#Cc1cc2cc([N+](=O)[O-])ccc2[nH]1. The molecule has 0 bridgehead atoms. The molecule has 0 saturated heterocycles. The highest BCUT2D eigenvalue weighted by molar-refractivity contribution is 5.83. The number of H-pyrrole nitrogens is 1. The molecule has 0 unspecified atom stereocenters. The maximum atomic E-state index is 10.5. The molecule has 0 atom stereocenters. The highest BCUT2D eigenvalue weighted by atomic mass is 16.6. The van der Waals surface area contributed by atoms with Gasteiger partial charge in [0.25, 0.3) is 5.69 Å². The summed E-state index contributed by atoms with van der Waals surface area (Å²) in [7, 11) is 0. The van der Waals surface area contributed by atoms with Crippen LogP contribution in [0.5, 0.6) is 0 Å². The smallest absolute Gasteiger partial charge is 0.270 e. The molecule has 2 aromatic rings. The molecule has 0 spiro atoms. The summed E-state index contributed by atoms with van der Waals surface area (Å²) in [6.07, 6.45) is 0. The molecule has 5 heteroatoms. The van der Waals surface area contributed by atoms with Crippen LogP contribution >= 0.6 is 0 Å². The van der Waals surface area contributed by atoms with Crippen molar-refractivity contribution >= 4 is 16.6 Å². The number of hydrogen-bond donors (Lipinski definition) is 1. The quantitative estimate of drug-likeness (QED) is 0.547. The average Bonchev–Trinajstić information content (AvgIpc) is 2.58. The first kappa shape index (κ1) is 8.26. The fourth-order valence-electron chi connectivity index (χ4n) is 1.29. The van der Waals surface area contributed by atoms with E-state index in [0.29, 0.717) is 11.1 Å². The van der Waals surface area contributed by atoms with Crippen molar-refractivity contribution in [2.24, 2.45) is 0 Å². The Morgan fingerprint density at radius 2 is 2.21 bits per heavy atom. The van der Waals surface area contributed by atoms with Gasteiger partial charge in [0.15, 0.2) is 0 Å². The maximum absolute atomic E-state index is 10.5. The Morgan fingerprint density at radius 3 is 2.86 bits per heavy atom. The number of fused-ring (bicyclic) bond motifs is 1. The topological polar surface area (TPSA) is 82.7 Å². The molecular formula is C9H5N3O2. The summed E-state index contributed by atoms with van der Waals surface area (Å²) in [5.41, 5.74) is 1.16. The lowest BCUT2D eigenvalue weighted by atomic mass is 10.2. The maximum Gasteiger partial charge on any atom is 0.270 e. The molecular weight excluding hydrogens is 182 g/mol. The third-order valence-electron chi connectivity index (χ3n) is 1.94. The number of nitrogens with one attached hydrogen (secondary N) is 1. The summed E-state index contributed by atoms with van der Waals surface area (Å²) >= 11 is 0. The second kappa shape index (κ2) is 2.85. The molecule has 0 amide bonds. The number of benzene rings is 1. The Morgan fingerprint density at radius 1 is 1.43 bits per heavy atom. The number of rotatable bonds is 1. The van der Waals surface area contributed by atoms with E-state index < -0.39 is 4.92 Å². The molecule has 0 aliphatic carbocycles. The second-order valence-electron chi connectivity index (χ2n) is 2.82. The van der Waals surface area contributed by atoms with Crippen molar-refractivity contribution in [3.05, 3.63) is 40.1 Å². The summed E-state index contributed by atoms with van der Waals surface area (Å²) in [6, 6.07) is 7.96. The number of nitro benzene ring substituents is 1. The molecule has 0 aliphatic rings. The van der Waals surface area contributed by atoms with Gasteiger partial charge in [-0.2, -0.15) is 5.26 Å². The Balaban J connectivity index is 2.66. The molecule has 0 aliphatic heterocycles. The van der Waals surface area contributed by atoms with Crippen LogP contribution in [0.3, 0.4) is 0 Å². The van der Waals surface area contributed by atoms with Gasteiger partial charge >= 0.3 is 0 Å². The van der Waals surface area contributed by atoms with Crippen molar-refractivity contribution in [1.29, 1.82) is 5.26 Å². The molecule has 0 saturated carbocycles. The molecule has 1 N–H and O–H groups in total. The van der Waals surface area contributed by atoms with E-state index in [1.54, 1.807) is 12.1 Å². The third kappa shape index (κ3) is 1.19. The lowest BCUT2D eigenvalue weighted by Gasteiger charge is -1.90. The van der Waals surface area contributed by atoms with Crippen LogP contribution in [0.1, 0.15) is 5.69 Å². The van der Waals surface area contributed by atoms with Crippen molar-refractivity contribution in [2.45, 2.75) is 0 Å². The Kier molecular flexibility index (Phi) is 1.68. The van der Waals surface area contributed by atoms with Gasteiger partial charge in [-0.05, 0) is 12.1 Å². The summed E-state index contributed by atoms with van der Waals surface area (Å²) in [6.45, 7) is 0. The van der Waals surface area contributed by atoms with Crippen LogP contribution in [0.4, 0.5) is 5.69 Å². The van der Waals surface area contributed by atoms with E-state index in [1.807, 2.05) is 6.07 Å². The first-order valence-corrected chi connectivity index (χ1v) is 3.88. The van der Waals surface area contributed by atoms with Crippen LogP contribution in [0.25, 0.3) is 10.9 Å². The van der Waals surface area contributed by atoms with Crippen LogP contribution in [-0.2, 0) is 0 Å². The third-order valence-corrected chi connectivity index (χ3v) is 1.94. The number of aromatic amines is 1. The fraction of sp³-hybridized carbons (Fsp3) is 0. The summed E-state index contributed by atoms with van der Waals surface area (Å²) in [5, 5.41) is 19.7. The van der Waals surface area contributed by atoms with E-state index in [9.17, 15) is 10.1 Å². The van der Waals surface area contributed by atoms with E-state index in [2.05, 4.69) is 4.98 Å². The van der Waals surface area contributed by atoms with Crippen LogP contribution in [-0.4, -0.2) is 9.91 Å². The highest BCUT2D eigenvalue weighted by Crippen LogP contribution is 2.20. The zero-order chi connectivity index (χ0) is 10.1. The van der Waals surface area contributed by atoms with Crippen LogP contribution in [0.15, 0.2) is 24.3 Å². The van der Waals surface area contributed by atoms with E-state index in [1.165, 1.54) is 12.1 Å². The monoisotopic (exact) mass is 187 g/mol. The van der Waals surface area contributed by atoms with E-state index in [-0.39, 0.29) is 5.69 Å². The number of hydrogen-bond acceptors (Lipinski definition) is 3. The summed E-state index contributed by atoms with van der Waals surface area (Å²) < 4.78 is 0. The molecule has 0 radical (unpaired) electrons. The minimum absolute atomic E-state index is 0.0287. The van der Waals surface area contributed by atoms with E-state index in [0.717, 1.165) is 5.52 Å². The first-order valence-electron chi connectivity index (χ1n) is 3.88.